The first-order chi connectivity index (χ1) is 11.6. The molecule has 3 aromatic rings. The molecule has 4 rings (SSSR count). The lowest BCUT2D eigenvalue weighted by Gasteiger charge is -2.19. The third-order valence-electron chi connectivity index (χ3n) is 4.25. The summed E-state index contributed by atoms with van der Waals surface area (Å²) in [6, 6.07) is 16.2. The van der Waals surface area contributed by atoms with Crippen molar-refractivity contribution in [2.75, 3.05) is 17.3 Å². The van der Waals surface area contributed by atoms with E-state index in [9.17, 15) is 9.59 Å². The van der Waals surface area contributed by atoms with Crippen molar-refractivity contribution in [3.63, 3.8) is 0 Å². The maximum Gasteiger partial charge on any atom is 0.259 e. The molecule has 1 aliphatic heterocycles. The molecule has 0 unspecified atom stereocenters. The first kappa shape index (κ1) is 14.7. The molecule has 0 atom stereocenters. The maximum absolute atomic E-state index is 12.7. The number of amides is 2. The Morgan fingerprint density at radius 1 is 1.08 bits per heavy atom. The molecule has 24 heavy (non-hydrogen) atoms. The summed E-state index contributed by atoms with van der Waals surface area (Å²) in [5, 5.41) is 5.05. The lowest BCUT2D eigenvalue weighted by atomic mass is 10.0. The Morgan fingerprint density at radius 3 is 2.67 bits per heavy atom. The molecular formula is C19H13ClN2O2. The predicted molar refractivity (Wildman–Crippen MR) is 96.1 cm³/mol. The standard InChI is InChI=1S/C19H13ClN2O2/c1-22(19(24)13-6-2-3-7-15(13)20)12-9-11-5-4-8-16-17(11)14(10-12)18(23)21-16/h2-10H,1H3,(H,21,23). The Hall–Kier alpha value is -2.85. The predicted octanol–water partition coefficient (Wildman–Crippen LogP) is 4.34. The monoisotopic (exact) mass is 336 g/mol. The summed E-state index contributed by atoms with van der Waals surface area (Å²) < 4.78 is 0. The van der Waals surface area contributed by atoms with Crippen LogP contribution in [-0.2, 0) is 0 Å². The normalized spacial score (nSPS) is 12.3. The molecule has 1 aliphatic rings. The van der Waals surface area contributed by atoms with Crippen LogP contribution in [0.25, 0.3) is 10.8 Å². The van der Waals surface area contributed by atoms with Crippen LogP contribution in [0, 0.1) is 0 Å². The summed E-state index contributed by atoms with van der Waals surface area (Å²) in [5.74, 6) is -0.372. The van der Waals surface area contributed by atoms with Crippen molar-refractivity contribution in [3.05, 3.63) is 70.7 Å². The molecule has 5 heteroatoms. The van der Waals surface area contributed by atoms with Crippen molar-refractivity contribution < 1.29 is 9.59 Å². The number of nitrogens with one attached hydrogen (secondary N) is 1. The van der Waals surface area contributed by atoms with Gasteiger partial charge in [0, 0.05) is 23.8 Å². The van der Waals surface area contributed by atoms with E-state index in [1.165, 1.54) is 4.90 Å². The Bertz CT molecular complexity index is 1010. The largest absolute Gasteiger partial charge is 0.321 e. The van der Waals surface area contributed by atoms with Crippen LogP contribution >= 0.6 is 11.6 Å². The second-order valence-corrected chi connectivity index (χ2v) is 6.10. The highest BCUT2D eigenvalue weighted by molar-refractivity contribution is 6.34. The van der Waals surface area contributed by atoms with Crippen LogP contribution in [0.2, 0.25) is 5.02 Å². The van der Waals surface area contributed by atoms with E-state index in [1.54, 1.807) is 37.4 Å². The summed E-state index contributed by atoms with van der Waals surface area (Å²) in [5.41, 5.74) is 2.46. The number of rotatable bonds is 2. The number of benzene rings is 3. The molecule has 1 heterocycles. The number of carbonyl (C=O) groups is 2. The number of halogens is 1. The van der Waals surface area contributed by atoms with Crippen molar-refractivity contribution in [3.8, 4) is 0 Å². The molecule has 118 valence electrons. The van der Waals surface area contributed by atoms with Gasteiger partial charge in [-0.25, -0.2) is 0 Å². The van der Waals surface area contributed by atoms with E-state index in [-0.39, 0.29) is 11.8 Å². The summed E-state index contributed by atoms with van der Waals surface area (Å²) >= 11 is 6.12. The molecule has 4 nitrogen and oxygen atoms in total. The highest BCUT2D eigenvalue weighted by Crippen LogP contribution is 2.36. The van der Waals surface area contributed by atoms with Gasteiger partial charge in [0.15, 0.2) is 0 Å². The van der Waals surface area contributed by atoms with E-state index in [1.807, 2.05) is 24.3 Å². The van der Waals surface area contributed by atoms with E-state index in [0.717, 1.165) is 16.5 Å². The summed E-state index contributed by atoms with van der Waals surface area (Å²) in [4.78, 5) is 26.4. The zero-order chi connectivity index (χ0) is 16.8. The lowest BCUT2D eigenvalue weighted by Crippen LogP contribution is -2.26. The highest BCUT2D eigenvalue weighted by atomic mass is 35.5. The molecule has 0 aromatic heterocycles. The van der Waals surface area contributed by atoms with Gasteiger partial charge in [-0.2, -0.15) is 0 Å². The molecule has 0 saturated carbocycles. The van der Waals surface area contributed by atoms with Gasteiger partial charge in [0.1, 0.15) is 0 Å². The molecule has 0 spiro atoms. The van der Waals surface area contributed by atoms with E-state index < -0.39 is 0 Å². The minimum absolute atomic E-state index is 0.151. The van der Waals surface area contributed by atoms with Crippen LogP contribution in [0.3, 0.4) is 0 Å². The topological polar surface area (TPSA) is 49.4 Å². The maximum atomic E-state index is 12.7. The van der Waals surface area contributed by atoms with Gasteiger partial charge in [-0.1, -0.05) is 35.9 Å². The molecule has 1 N–H and O–H groups in total. The first-order valence-corrected chi connectivity index (χ1v) is 7.85. The van der Waals surface area contributed by atoms with Gasteiger partial charge in [-0.05, 0) is 35.7 Å². The summed E-state index contributed by atoms with van der Waals surface area (Å²) in [7, 11) is 1.68. The Morgan fingerprint density at radius 2 is 1.88 bits per heavy atom. The first-order valence-electron chi connectivity index (χ1n) is 7.47. The fourth-order valence-electron chi connectivity index (χ4n) is 3.01. The van der Waals surface area contributed by atoms with Crippen LogP contribution in [0.5, 0.6) is 0 Å². The van der Waals surface area contributed by atoms with Crippen molar-refractivity contribution in [1.29, 1.82) is 0 Å². The summed E-state index contributed by atoms with van der Waals surface area (Å²) in [6.45, 7) is 0. The molecule has 0 aliphatic carbocycles. The van der Waals surface area contributed by atoms with Crippen molar-refractivity contribution in [2.45, 2.75) is 0 Å². The van der Waals surface area contributed by atoms with Crippen LogP contribution in [0.1, 0.15) is 20.7 Å². The Balaban J connectivity index is 1.82. The second-order valence-electron chi connectivity index (χ2n) is 5.70. The molecule has 0 fully saturated rings. The molecule has 3 aromatic carbocycles. The fraction of sp³-hybridized carbons (Fsp3) is 0.0526. The zero-order valence-electron chi connectivity index (χ0n) is 12.8. The number of anilines is 2. The molecule has 0 bridgehead atoms. The van der Waals surface area contributed by atoms with Gasteiger partial charge in [0.2, 0.25) is 0 Å². The number of carbonyl (C=O) groups excluding carboxylic acids is 2. The van der Waals surface area contributed by atoms with Gasteiger partial charge < -0.3 is 10.2 Å². The minimum atomic E-state index is -0.221. The zero-order valence-corrected chi connectivity index (χ0v) is 13.6. The average Bonchev–Trinajstić information content (AvgIpc) is 2.91. The highest BCUT2D eigenvalue weighted by Gasteiger charge is 2.24. The smallest absolute Gasteiger partial charge is 0.259 e. The van der Waals surface area contributed by atoms with Crippen LogP contribution in [0.15, 0.2) is 54.6 Å². The quantitative estimate of drug-likeness (QED) is 0.757. The third-order valence-corrected chi connectivity index (χ3v) is 4.58. The number of hydrogen-bond acceptors (Lipinski definition) is 2. The van der Waals surface area contributed by atoms with Gasteiger partial charge in [0.05, 0.1) is 16.1 Å². The average molecular weight is 337 g/mol. The van der Waals surface area contributed by atoms with Crippen LogP contribution in [-0.4, -0.2) is 18.9 Å². The summed E-state index contributed by atoms with van der Waals surface area (Å²) in [6.07, 6.45) is 0. The van der Waals surface area contributed by atoms with Gasteiger partial charge >= 0.3 is 0 Å². The van der Waals surface area contributed by atoms with Crippen LogP contribution in [0.4, 0.5) is 11.4 Å². The van der Waals surface area contributed by atoms with Gasteiger partial charge in [-0.15, -0.1) is 0 Å². The molecule has 2 amide bonds. The number of hydrogen-bond donors (Lipinski definition) is 1. The number of nitrogens with zero attached hydrogens (tertiary/aromatic N) is 1. The minimum Gasteiger partial charge on any atom is -0.321 e. The van der Waals surface area contributed by atoms with E-state index >= 15 is 0 Å². The third kappa shape index (κ3) is 2.15. The van der Waals surface area contributed by atoms with Gasteiger partial charge in [-0.3, -0.25) is 9.59 Å². The SMILES string of the molecule is CN(C(=O)c1ccccc1Cl)c1cc2c3c(cccc3c1)NC2=O. The van der Waals surface area contributed by atoms with Gasteiger partial charge in [0.25, 0.3) is 11.8 Å². The molecule has 0 saturated heterocycles. The van der Waals surface area contributed by atoms with Crippen LogP contribution < -0.4 is 10.2 Å². The van der Waals surface area contributed by atoms with Crippen molar-refractivity contribution >= 4 is 45.6 Å². The van der Waals surface area contributed by atoms with E-state index in [2.05, 4.69) is 5.32 Å². The second kappa shape index (κ2) is 5.35. The van der Waals surface area contributed by atoms with E-state index in [0.29, 0.717) is 21.8 Å². The van der Waals surface area contributed by atoms with Crippen molar-refractivity contribution in [2.24, 2.45) is 0 Å². The molecule has 0 radical (unpaired) electrons. The van der Waals surface area contributed by atoms with E-state index in [4.69, 9.17) is 11.6 Å². The Kier molecular flexibility index (Phi) is 3.28. The molecular weight excluding hydrogens is 324 g/mol. The Labute approximate surface area is 143 Å². The fourth-order valence-corrected chi connectivity index (χ4v) is 3.23. The van der Waals surface area contributed by atoms with Crippen molar-refractivity contribution in [1.82, 2.24) is 0 Å². The lowest BCUT2D eigenvalue weighted by molar-refractivity contribution is 0.0990.